The van der Waals surface area contributed by atoms with Crippen molar-refractivity contribution in [3.63, 3.8) is 0 Å². The maximum Gasteiger partial charge on any atom is 0.293 e. The standard InChI is InChI=1S/C13H12N2O2/c14-13-8-3-1-2-4-9(8)15-10-5-6-11(12(10)13)17-7-16/h1-4,7,11H,5-6H2,(H2,14,15). The van der Waals surface area contributed by atoms with E-state index in [0.29, 0.717) is 12.2 Å². The number of rotatable bonds is 2. The number of benzene rings is 1. The summed E-state index contributed by atoms with van der Waals surface area (Å²) < 4.78 is 5.06. The third-order valence-electron chi connectivity index (χ3n) is 3.24. The molecule has 4 heteroatoms. The summed E-state index contributed by atoms with van der Waals surface area (Å²) in [6, 6.07) is 7.75. The molecule has 1 unspecified atom stereocenters. The van der Waals surface area contributed by atoms with E-state index in [1.807, 2.05) is 24.3 Å². The van der Waals surface area contributed by atoms with Crippen LogP contribution in [0.3, 0.4) is 0 Å². The smallest absolute Gasteiger partial charge is 0.293 e. The largest absolute Gasteiger partial charge is 0.460 e. The molecule has 1 aliphatic carbocycles. The molecule has 1 aromatic heterocycles. The van der Waals surface area contributed by atoms with Crippen LogP contribution in [0.1, 0.15) is 23.8 Å². The number of ether oxygens (including phenoxy) is 1. The molecular formula is C13H12N2O2. The fourth-order valence-electron chi connectivity index (χ4n) is 2.47. The van der Waals surface area contributed by atoms with E-state index in [4.69, 9.17) is 10.5 Å². The number of carbonyl (C=O) groups is 1. The molecule has 0 saturated heterocycles. The number of hydrogen-bond donors (Lipinski definition) is 1. The highest BCUT2D eigenvalue weighted by Crippen LogP contribution is 2.39. The van der Waals surface area contributed by atoms with Crippen LogP contribution in [0, 0.1) is 0 Å². The van der Waals surface area contributed by atoms with Gasteiger partial charge < -0.3 is 10.5 Å². The van der Waals surface area contributed by atoms with Gasteiger partial charge in [0.1, 0.15) is 6.10 Å². The summed E-state index contributed by atoms with van der Waals surface area (Å²) in [5.74, 6) is 0. The number of aryl methyl sites for hydroxylation is 1. The second kappa shape index (κ2) is 3.73. The highest BCUT2D eigenvalue weighted by atomic mass is 16.5. The van der Waals surface area contributed by atoms with Gasteiger partial charge in [-0.2, -0.15) is 0 Å². The summed E-state index contributed by atoms with van der Waals surface area (Å²) in [7, 11) is 0. The maximum atomic E-state index is 10.5. The van der Waals surface area contributed by atoms with Crippen molar-refractivity contribution in [2.45, 2.75) is 18.9 Å². The van der Waals surface area contributed by atoms with Gasteiger partial charge in [-0.3, -0.25) is 9.78 Å². The fraction of sp³-hybridized carbons (Fsp3) is 0.231. The van der Waals surface area contributed by atoms with E-state index in [9.17, 15) is 4.79 Å². The molecule has 0 spiro atoms. The average molecular weight is 228 g/mol. The van der Waals surface area contributed by atoms with E-state index < -0.39 is 0 Å². The van der Waals surface area contributed by atoms with Gasteiger partial charge in [0, 0.05) is 16.6 Å². The zero-order chi connectivity index (χ0) is 11.8. The minimum atomic E-state index is -0.236. The number of pyridine rings is 1. The predicted molar refractivity (Wildman–Crippen MR) is 64.4 cm³/mol. The van der Waals surface area contributed by atoms with Gasteiger partial charge in [0.25, 0.3) is 6.47 Å². The normalized spacial score (nSPS) is 18.0. The highest BCUT2D eigenvalue weighted by Gasteiger charge is 2.28. The Morgan fingerprint density at radius 1 is 1.41 bits per heavy atom. The SMILES string of the molecule is Nc1c2c(nc3ccccc13)CCC2OC=O. The highest BCUT2D eigenvalue weighted by molar-refractivity contribution is 5.92. The van der Waals surface area contributed by atoms with Crippen molar-refractivity contribution in [3.8, 4) is 0 Å². The summed E-state index contributed by atoms with van der Waals surface area (Å²) in [5.41, 5.74) is 9.58. The molecule has 86 valence electrons. The molecule has 1 atom stereocenters. The molecule has 0 fully saturated rings. The lowest BCUT2D eigenvalue weighted by Crippen LogP contribution is -2.04. The van der Waals surface area contributed by atoms with Crippen molar-refractivity contribution in [2.75, 3.05) is 5.73 Å². The van der Waals surface area contributed by atoms with Crippen LogP contribution in [0.15, 0.2) is 24.3 Å². The molecule has 2 N–H and O–H groups in total. The third-order valence-corrected chi connectivity index (χ3v) is 3.24. The molecule has 4 nitrogen and oxygen atoms in total. The van der Waals surface area contributed by atoms with Gasteiger partial charge in [-0.05, 0) is 18.9 Å². The molecule has 0 saturated carbocycles. The van der Waals surface area contributed by atoms with Gasteiger partial charge in [0.15, 0.2) is 0 Å². The second-order valence-corrected chi connectivity index (χ2v) is 4.16. The Morgan fingerprint density at radius 2 is 2.24 bits per heavy atom. The first-order valence-electron chi connectivity index (χ1n) is 5.57. The van der Waals surface area contributed by atoms with Crippen LogP contribution in [0.5, 0.6) is 0 Å². The van der Waals surface area contributed by atoms with Crippen LogP contribution >= 0.6 is 0 Å². The molecule has 1 aromatic carbocycles. The molecule has 1 aliphatic rings. The van der Waals surface area contributed by atoms with Gasteiger partial charge in [-0.25, -0.2) is 0 Å². The first-order chi connectivity index (χ1) is 8.31. The number of aromatic nitrogens is 1. The van der Waals surface area contributed by atoms with Crippen LogP contribution in [0.2, 0.25) is 0 Å². The summed E-state index contributed by atoms with van der Waals surface area (Å²) in [6.07, 6.45) is 1.34. The minimum Gasteiger partial charge on any atom is -0.460 e. The van der Waals surface area contributed by atoms with Crippen molar-refractivity contribution in [1.82, 2.24) is 4.98 Å². The molecule has 1 heterocycles. The monoisotopic (exact) mass is 228 g/mol. The molecule has 2 aromatic rings. The number of carbonyl (C=O) groups excluding carboxylic acids is 1. The lowest BCUT2D eigenvalue weighted by atomic mass is 10.1. The van der Waals surface area contributed by atoms with Crippen LogP contribution in [0.25, 0.3) is 10.9 Å². The Bertz CT molecular complexity index is 595. The van der Waals surface area contributed by atoms with E-state index in [1.165, 1.54) is 0 Å². The van der Waals surface area contributed by atoms with Gasteiger partial charge in [-0.1, -0.05) is 18.2 Å². The Morgan fingerprint density at radius 3 is 3.06 bits per heavy atom. The Hall–Kier alpha value is -2.10. The lowest BCUT2D eigenvalue weighted by Gasteiger charge is -2.13. The fourth-order valence-corrected chi connectivity index (χ4v) is 2.47. The lowest BCUT2D eigenvalue weighted by molar-refractivity contribution is -0.133. The minimum absolute atomic E-state index is 0.236. The zero-order valence-corrected chi connectivity index (χ0v) is 9.22. The number of fused-ring (bicyclic) bond motifs is 2. The zero-order valence-electron chi connectivity index (χ0n) is 9.22. The van der Waals surface area contributed by atoms with Crippen LogP contribution < -0.4 is 5.73 Å². The predicted octanol–water partition coefficient (Wildman–Crippen LogP) is 1.98. The summed E-state index contributed by atoms with van der Waals surface area (Å²) in [4.78, 5) is 15.0. The summed E-state index contributed by atoms with van der Waals surface area (Å²) in [6.45, 7) is 0.481. The van der Waals surface area contributed by atoms with E-state index in [2.05, 4.69) is 4.98 Å². The third kappa shape index (κ3) is 1.45. The first-order valence-corrected chi connectivity index (χ1v) is 5.57. The van der Waals surface area contributed by atoms with Crippen LogP contribution in [-0.2, 0) is 16.0 Å². The number of para-hydroxylation sites is 1. The molecular weight excluding hydrogens is 216 g/mol. The number of anilines is 1. The summed E-state index contributed by atoms with van der Waals surface area (Å²) in [5, 5.41) is 0.924. The Balaban J connectivity index is 2.25. The number of nitrogen functional groups attached to an aromatic ring is 1. The first kappa shape index (κ1) is 10.1. The van der Waals surface area contributed by atoms with E-state index in [-0.39, 0.29) is 6.10 Å². The van der Waals surface area contributed by atoms with Gasteiger partial charge in [0.05, 0.1) is 11.2 Å². The number of hydrogen-bond acceptors (Lipinski definition) is 4. The molecule has 0 aliphatic heterocycles. The number of nitrogens with zero attached hydrogens (tertiary/aromatic N) is 1. The van der Waals surface area contributed by atoms with Gasteiger partial charge >= 0.3 is 0 Å². The Labute approximate surface area is 98.4 Å². The average Bonchev–Trinajstić information content (AvgIpc) is 2.74. The van der Waals surface area contributed by atoms with Gasteiger partial charge in [-0.15, -0.1) is 0 Å². The molecule has 0 radical (unpaired) electrons. The van der Waals surface area contributed by atoms with Crippen molar-refractivity contribution in [1.29, 1.82) is 0 Å². The van der Waals surface area contributed by atoms with Crippen LogP contribution in [-0.4, -0.2) is 11.5 Å². The maximum absolute atomic E-state index is 10.5. The van der Waals surface area contributed by atoms with Crippen molar-refractivity contribution in [2.24, 2.45) is 0 Å². The van der Waals surface area contributed by atoms with E-state index in [1.54, 1.807) is 0 Å². The van der Waals surface area contributed by atoms with E-state index >= 15 is 0 Å². The molecule has 0 amide bonds. The van der Waals surface area contributed by atoms with Crippen molar-refractivity contribution in [3.05, 3.63) is 35.5 Å². The summed E-state index contributed by atoms with van der Waals surface area (Å²) >= 11 is 0. The number of nitrogens with two attached hydrogens (primary N) is 1. The molecule has 3 rings (SSSR count). The Kier molecular flexibility index (Phi) is 2.21. The van der Waals surface area contributed by atoms with Crippen LogP contribution in [0.4, 0.5) is 5.69 Å². The topological polar surface area (TPSA) is 65.2 Å². The van der Waals surface area contributed by atoms with Crippen molar-refractivity contribution < 1.29 is 9.53 Å². The quantitative estimate of drug-likeness (QED) is 0.798. The second-order valence-electron chi connectivity index (χ2n) is 4.16. The van der Waals surface area contributed by atoms with Gasteiger partial charge in [0.2, 0.25) is 0 Å². The molecule has 17 heavy (non-hydrogen) atoms. The van der Waals surface area contributed by atoms with Crippen molar-refractivity contribution >= 4 is 23.1 Å². The van der Waals surface area contributed by atoms with E-state index in [0.717, 1.165) is 35.0 Å². The molecule has 0 bridgehead atoms.